The van der Waals surface area contributed by atoms with Gasteiger partial charge < -0.3 is 15.2 Å². The second-order valence-corrected chi connectivity index (χ2v) is 3.66. The van der Waals surface area contributed by atoms with E-state index in [2.05, 4.69) is 5.32 Å². The van der Waals surface area contributed by atoms with Gasteiger partial charge >= 0.3 is 0 Å². The number of ether oxygens (including phenoxy) is 1. The lowest BCUT2D eigenvalue weighted by Gasteiger charge is -2.16. The van der Waals surface area contributed by atoms with Crippen molar-refractivity contribution in [3.05, 3.63) is 28.8 Å². The van der Waals surface area contributed by atoms with E-state index in [0.29, 0.717) is 16.3 Å². The summed E-state index contributed by atoms with van der Waals surface area (Å²) in [6.07, 6.45) is -0.631. The molecular weight excluding hydrogens is 230 g/mol. The van der Waals surface area contributed by atoms with Gasteiger partial charge in [-0.15, -0.1) is 0 Å². The Kier molecular flexibility index (Phi) is 4.58. The molecule has 5 heteroatoms. The molecule has 0 radical (unpaired) electrons. The first kappa shape index (κ1) is 12.8. The smallest absolute Gasteiger partial charge is 0.260 e. The number of carbonyl (C=O) groups excluding carboxylic acids is 1. The molecule has 1 amide bonds. The zero-order valence-corrected chi connectivity index (χ0v) is 9.91. The number of aliphatic hydroxyl groups excluding tert-OH is 1. The Morgan fingerprint density at radius 2 is 2.31 bits per heavy atom. The molecule has 0 fully saturated rings. The number of amides is 1. The first-order valence-electron chi connectivity index (χ1n) is 4.86. The second-order valence-electron chi connectivity index (χ2n) is 3.25. The fourth-order valence-electron chi connectivity index (χ4n) is 1.25. The molecule has 88 valence electrons. The molecule has 0 aromatic heterocycles. The minimum absolute atomic E-state index is 0.227. The summed E-state index contributed by atoms with van der Waals surface area (Å²) in [7, 11) is 1.53. The molecule has 1 atom stereocenters. The predicted octanol–water partition coefficient (Wildman–Crippen LogP) is 1.35. The van der Waals surface area contributed by atoms with E-state index in [1.807, 2.05) is 0 Å². The van der Waals surface area contributed by atoms with Crippen molar-refractivity contribution in [3.8, 4) is 5.75 Å². The normalized spacial score (nSPS) is 12.0. The maximum Gasteiger partial charge on any atom is 0.260 e. The molecule has 1 aromatic carbocycles. The summed E-state index contributed by atoms with van der Waals surface area (Å²) in [6.45, 7) is 1.40. The number of carbonyl (C=O) groups is 1. The molecule has 16 heavy (non-hydrogen) atoms. The molecule has 2 N–H and O–H groups in total. The monoisotopic (exact) mass is 243 g/mol. The number of nitrogens with one attached hydrogen (secondary N) is 1. The van der Waals surface area contributed by atoms with Crippen molar-refractivity contribution >= 4 is 17.5 Å². The molecular formula is C11H14ClNO3. The largest absolute Gasteiger partial charge is 0.480 e. The molecule has 1 rings (SSSR count). The molecule has 0 saturated heterocycles. The number of hydrogen-bond acceptors (Lipinski definition) is 3. The Hall–Kier alpha value is -1.26. The van der Waals surface area contributed by atoms with Crippen LogP contribution < -0.4 is 10.1 Å². The molecule has 0 aliphatic rings. The summed E-state index contributed by atoms with van der Waals surface area (Å²) in [6, 6.07) is 5.02. The van der Waals surface area contributed by atoms with Crippen LogP contribution in [0.5, 0.6) is 5.75 Å². The highest BCUT2D eigenvalue weighted by molar-refractivity contribution is 6.31. The van der Waals surface area contributed by atoms with Gasteiger partial charge in [-0.1, -0.05) is 17.7 Å². The molecule has 0 saturated carbocycles. The van der Waals surface area contributed by atoms with Crippen LogP contribution in [-0.4, -0.2) is 24.2 Å². The van der Waals surface area contributed by atoms with Crippen LogP contribution in [0, 0.1) is 0 Å². The highest BCUT2D eigenvalue weighted by atomic mass is 35.5. The average molecular weight is 244 g/mol. The van der Waals surface area contributed by atoms with Gasteiger partial charge in [-0.05, 0) is 19.1 Å². The Balaban J connectivity index is 2.88. The summed E-state index contributed by atoms with van der Waals surface area (Å²) >= 11 is 5.89. The lowest BCUT2D eigenvalue weighted by atomic mass is 10.2. The minimum Gasteiger partial charge on any atom is -0.480 e. The van der Waals surface area contributed by atoms with Crippen LogP contribution in [0.2, 0.25) is 5.02 Å². The van der Waals surface area contributed by atoms with Crippen LogP contribution >= 0.6 is 11.6 Å². The van der Waals surface area contributed by atoms with Crippen molar-refractivity contribution in [1.29, 1.82) is 0 Å². The van der Waals surface area contributed by atoms with Gasteiger partial charge in [0.2, 0.25) is 0 Å². The van der Waals surface area contributed by atoms with Crippen molar-refractivity contribution in [2.75, 3.05) is 7.05 Å². The summed E-state index contributed by atoms with van der Waals surface area (Å²) < 4.78 is 5.41. The first-order valence-corrected chi connectivity index (χ1v) is 5.24. The van der Waals surface area contributed by atoms with Gasteiger partial charge in [-0.2, -0.15) is 0 Å². The number of likely N-dealkylation sites (N-methyl/N-ethyl adjacent to an activating group) is 1. The minimum atomic E-state index is -0.631. The molecule has 1 unspecified atom stereocenters. The van der Waals surface area contributed by atoms with E-state index in [1.54, 1.807) is 25.1 Å². The highest BCUT2D eigenvalue weighted by Gasteiger charge is 2.15. The van der Waals surface area contributed by atoms with E-state index in [1.165, 1.54) is 7.05 Å². The van der Waals surface area contributed by atoms with Crippen molar-refractivity contribution in [2.45, 2.75) is 19.6 Å². The summed E-state index contributed by atoms with van der Waals surface area (Å²) in [5.74, 6) is 0.190. The Morgan fingerprint density at radius 3 is 2.88 bits per heavy atom. The van der Waals surface area contributed by atoms with Gasteiger partial charge in [-0.25, -0.2) is 0 Å². The van der Waals surface area contributed by atoms with Crippen molar-refractivity contribution in [2.24, 2.45) is 0 Å². The lowest BCUT2D eigenvalue weighted by molar-refractivity contribution is -0.126. The fraction of sp³-hybridized carbons (Fsp3) is 0.364. The van der Waals surface area contributed by atoms with Gasteiger partial charge in [0.15, 0.2) is 6.10 Å². The fourth-order valence-corrected chi connectivity index (χ4v) is 1.48. The Labute approximate surface area is 99.2 Å². The van der Waals surface area contributed by atoms with E-state index >= 15 is 0 Å². The third kappa shape index (κ3) is 2.87. The average Bonchev–Trinajstić information content (AvgIpc) is 2.28. The maximum atomic E-state index is 11.3. The number of halogens is 1. The van der Waals surface area contributed by atoms with Gasteiger partial charge in [0, 0.05) is 17.6 Å². The van der Waals surface area contributed by atoms with Crippen LogP contribution in [0.3, 0.4) is 0 Å². The predicted molar refractivity (Wildman–Crippen MR) is 61.5 cm³/mol. The molecule has 4 nitrogen and oxygen atoms in total. The van der Waals surface area contributed by atoms with Crippen molar-refractivity contribution < 1.29 is 14.6 Å². The number of aliphatic hydroxyl groups is 1. The standard InChI is InChI=1S/C11H14ClNO3/c1-7(11(15)13-2)16-10-5-3-4-9(12)8(10)6-14/h3-5,7,14H,6H2,1-2H3,(H,13,15). The van der Waals surface area contributed by atoms with E-state index in [0.717, 1.165) is 0 Å². The zero-order chi connectivity index (χ0) is 12.1. The lowest BCUT2D eigenvalue weighted by Crippen LogP contribution is -2.33. The van der Waals surface area contributed by atoms with E-state index in [-0.39, 0.29) is 12.5 Å². The van der Waals surface area contributed by atoms with Crippen molar-refractivity contribution in [1.82, 2.24) is 5.32 Å². The topological polar surface area (TPSA) is 58.6 Å². The quantitative estimate of drug-likeness (QED) is 0.839. The number of benzene rings is 1. The van der Waals surface area contributed by atoms with E-state index in [4.69, 9.17) is 21.4 Å². The van der Waals surface area contributed by atoms with Gasteiger partial charge in [0.25, 0.3) is 5.91 Å². The van der Waals surface area contributed by atoms with E-state index in [9.17, 15) is 4.79 Å². The number of rotatable bonds is 4. The SMILES string of the molecule is CNC(=O)C(C)Oc1cccc(Cl)c1CO. The number of hydrogen-bond donors (Lipinski definition) is 2. The first-order chi connectivity index (χ1) is 7.60. The van der Waals surface area contributed by atoms with Crippen LogP contribution in [0.25, 0.3) is 0 Å². The van der Waals surface area contributed by atoms with Gasteiger partial charge in [-0.3, -0.25) is 4.79 Å². The van der Waals surface area contributed by atoms with Gasteiger partial charge in [0.05, 0.1) is 6.61 Å². The Morgan fingerprint density at radius 1 is 1.62 bits per heavy atom. The third-order valence-electron chi connectivity index (χ3n) is 2.15. The van der Waals surface area contributed by atoms with Crippen LogP contribution in [0.1, 0.15) is 12.5 Å². The summed E-state index contributed by atoms with van der Waals surface area (Å²) in [5, 5.41) is 12.0. The zero-order valence-electron chi connectivity index (χ0n) is 9.16. The van der Waals surface area contributed by atoms with Crippen LogP contribution in [0.15, 0.2) is 18.2 Å². The van der Waals surface area contributed by atoms with Crippen molar-refractivity contribution in [3.63, 3.8) is 0 Å². The van der Waals surface area contributed by atoms with Crippen LogP contribution in [0.4, 0.5) is 0 Å². The molecule has 0 aliphatic heterocycles. The molecule has 0 aliphatic carbocycles. The summed E-state index contributed by atoms with van der Waals surface area (Å²) in [4.78, 5) is 11.3. The van der Waals surface area contributed by atoms with Crippen LogP contribution in [-0.2, 0) is 11.4 Å². The van der Waals surface area contributed by atoms with Gasteiger partial charge in [0.1, 0.15) is 5.75 Å². The highest BCUT2D eigenvalue weighted by Crippen LogP contribution is 2.27. The third-order valence-corrected chi connectivity index (χ3v) is 2.51. The molecule has 0 heterocycles. The summed E-state index contributed by atoms with van der Waals surface area (Å²) in [5.41, 5.74) is 0.486. The second kappa shape index (κ2) is 5.72. The van der Waals surface area contributed by atoms with E-state index < -0.39 is 6.10 Å². The maximum absolute atomic E-state index is 11.3. The molecule has 1 aromatic rings. The Bertz CT molecular complexity index is 381. The molecule has 0 spiro atoms. The molecule has 0 bridgehead atoms.